The van der Waals surface area contributed by atoms with E-state index in [1.807, 2.05) is 18.2 Å². The number of rotatable bonds is 4. The average molecular weight is 259 g/mol. The minimum Gasteiger partial charge on any atom is -0.491 e. The normalized spacial score (nSPS) is 16.6. The highest BCUT2D eigenvalue weighted by Gasteiger charge is 2.17. The molecule has 0 aromatic heterocycles. The molecule has 1 fully saturated rings. The van der Waals surface area contributed by atoms with E-state index in [-0.39, 0.29) is 0 Å². The van der Waals surface area contributed by atoms with Crippen LogP contribution in [0.2, 0.25) is 5.02 Å². The number of ether oxygens (including phenoxy) is 1. The molecule has 88 valence electrons. The zero-order chi connectivity index (χ0) is 11.4. The first-order valence-corrected chi connectivity index (χ1v) is 6.68. The lowest BCUT2D eigenvalue weighted by Gasteiger charge is -2.14. The molecule has 0 radical (unpaired) electrons. The van der Waals surface area contributed by atoms with Gasteiger partial charge in [0.25, 0.3) is 0 Å². The Hall–Kier alpha value is -0.400. The molecule has 0 bridgehead atoms. The molecule has 0 spiro atoms. The predicted octanol–water partition coefficient (Wildman–Crippen LogP) is 4.65. The lowest BCUT2D eigenvalue weighted by Crippen LogP contribution is -2.09. The molecule has 1 saturated carbocycles. The summed E-state index contributed by atoms with van der Waals surface area (Å²) in [6.45, 7) is 0.771. The van der Waals surface area contributed by atoms with E-state index >= 15 is 0 Å². The van der Waals surface area contributed by atoms with Crippen LogP contribution in [0.15, 0.2) is 18.2 Å². The van der Waals surface area contributed by atoms with Gasteiger partial charge in [0.1, 0.15) is 5.75 Å². The predicted molar refractivity (Wildman–Crippen MR) is 68.5 cm³/mol. The van der Waals surface area contributed by atoms with Crippen molar-refractivity contribution in [2.24, 2.45) is 5.92 Å². The molecule has 1 nitrogen and oxygen atoms in total. The van der Waals surface area contributed by atoms with E-state index in [1.165, 1.54) is 25.7 Å². The number of hydrogen-bond donors (Lipinski definition) is 0. The Labute approximate surface area is 107 Å². The van der Waals surface area contributed by atoms with Crippen LogP contribution in [0.3, 0.4) is 0 Å². The number of halogens is 2. The van der Waals surface area contributed by atoms with Crippen molar-refractivity contribution >= 4 is 23.2 Å². The largest absolute Gasteiger partial charge is 0.491 e. The molecule has 2 rings (SSSR count). The molecular weight excluding hydrogens is 243 g/mol. The summed E-state index contributed by atoms with van der Waals surface area (Å²) in [5, 5.41) is 0.663. The minimum absolute atomic E-state index is 0.445. The van der Waals surface area contributed by atoms with Gasteiger partial charge in [0.2, 0.25) is 0 Å². The van der Waals surface area contributed by atoms with Gasteiger partial charge in [0, 0.05) is 5.56 Å². The summed E-state index contributed by atoms with van der Waals surface area (Å²) in [6, 6.07) is 5.72. The Kier molecular flexibility index (Phi) is 4.37. The monoisotopic (exact) mass is 258 g/mol. The van der Waals surface area contributed by atoms with E-state index < -0.39 is 0 Å². The Morgan fingerprint density at radius 2 is 2.00 bits per heavy atom. The third kappa shape index (κ3) is 2.83. The lowest BCUT2D eigenvalue weighted by molar-refractivity contribution is 0.250. The van der Waals surface area contributed by atoms with E-state index in [9.17, 15) is 0 Å². The van der Waals surface area contributed by atoms with E-state index in [1.54, 1.807) is 0 Å². The molecule has 1 aliphatic rings. The molecule has 1 aromatic carbocycles. The SMILES string of the molecule is ClCc1cccc(Cl)c1OCC1CCCC1. The van der Waals surface area contributed by atoms with Gasteiger partial charge < -0.3 is 4.74 Å². The van der Waals surface area contributed by atoms with Crippen molar-refractivity contribution < 1.29 is 4.74 Å². The maximum Gasteiger partial charge on any atom is 0.142 e. The molecule has 0 atom stereocenters. The maximum absolute atomic E-state index is 6.11. The molecule has 1 aromatic rings. The standard InChI is InChI=1S/C13H16Cl2O/c14-8-11-6-3-7-12(15)13(11)16-9-10-4-1-2-5-10/h3,6-7,10H,1-2,4-5,8-9H2. The molecule has 0 aliphatic heterocycles. The number of para-hydroxylation sites is 1. The van der Waals surface area contributed by atoms with Gasteiger partial charge in [-0.25, -0.2) is 0 Å². The third-order valence-electron chi connectivity index (χ3n) is 3.13. The second-order valence-electron chi connectivity index (χ2n) is 4.32. The zero-order valence-electron chi connectivity index (χ0n) is 9.22. The van der Waals surface area contributed by atoms with Crippen molar-refractivity contribution in [1.29, 1.82) is 0 Å². The van der Waals surface area contributed by atoms with Crippen LogP contribution in [0.1, 0.15) is 31.2 Å². The highest BCUT2D eigenvalue weighted by molar-refractivity contribution is 6.32. The first kappa shape index (κ1) is 12.1. The van der Waals surface area contributed by atoms with E-state index in [2.05, 4.69) is 0 Å². The zero-order valence-corrected chi connectivity index (χ0v) is 10.7. The molecule has 16 heavy (non-hydrogen) atoms. The number of alkyl halides is 1. The highest BCUT2D eigenvalue weighted by atomic mass is 35.5. The van der Waals surface area contributed by atoms with E-state index in [4.69, 9.17) is 27.9 Å². The van der Waals surface area contributed by atoms with Crippen molar-refractivity contribution in [1.82, 2.24) is 0 Å². The second kappa shape index (κ2) is 5.79. The van der Waals surface area contributed by atoms with Gasteiger partial charge >= 0.3 is 0 Å². The Morgan fingerprint density at radius 1 is 1.25 bits per heavy atom. The summed E-state index contributed by atoms with van der Waals surface area (Å²) in [4.78, 5) is 0. The number of benzene rings is 1. The van der Waals surface area contributed by atoms with Crippen molar-refractivity contribution in [3.63, 3.8) is 0 Å². The van der Waals surface area contributed by atoms with Crippen LogP contribution < -0.4 is 4.74 Å². The maximum atomic E-state index is 6.11. The molecule has 0 amide bonds. The van der Waals surface area contributed by atoms with Gasteiger partial charge in [-0.15, -0.1) is 11.6 Å². The van der Waals surface area contributed by atoms with Gasteiger partial charge in [-0.1, -0.05) is 36.6 Å². The van der Waals surface area contributed by atoms with Crippen molar-refractivity contribution in [3.05, 3.63) is 28.8 Å². The van der Waals surface area contributed by atoms with Crippen LogP contribution in [0, 0.1) is 5.92 Å². The van der Waals surface area contributed by atoms with Gasteiger partial charge in [-0.2, -0.15) is 0 Å². The Bertz CT molecular complexity index is 346. The Balaban J connectivity index is 2.01. The van der Waals surface area contributed by atoms with Crippen LogP contribution in [0.4, 0.5) is 0 Å². The fraction of sp³-hybridized carbons (Fsp3) is 0.538. The fourth-order valence-electron chi connectivity index (χ4n) is 2.20. The van der Waals surface area contributed by atoms with Crippen LogP contribution >= 0.6 is 23.2 Å². The van der Waals surface area contributed by atoms with Crippen LogP contribution in [-0.4, -0.2) is 6.61 Å². The van der Waals surface area contributed by atoms with Gasteiger partial charge in [-0.05, 0) is 24.8 Å². The second-order valence-corrected chi connectivity index (χ2v) is 5.00. The molecule has 0 saturated heterocycles. The number of hydrogen-bond acceptors (Lipinski definition) is 1. The van der Waals surface area contributed by atoms with E-state index in [0.717, 1.165) is 17.9 Å². The molecule has 0 unspecified atom stereocenters. The van der Waals surface area contributed by atoms with Gasteiger partial charge in [0.05, 0.1) is 17.5 Å². The molecule has 1 aliphatic carbocycles. The van der Waals surface area contributed by atoms with Crippen LogP contribution in [-0.2, 0) is 5.88 Å². The van der Waals surface area contributed by atoms with Crippen LogP contribution in [0.25, 0.3) is 0 Å². The van der Waals surface area contributed by atoms with Crippen molar-refractivity contribution in [2.75, 3.05) is 6.61 Å². The Morgan fingerprint density at radius 3 is 2.69 bits per heavy atom. The molecule has 0 N–H and O–H groups in total. The third-order valence-corrected chi connectivity index (χ3v) is 3.72. The summed E-state index contributed by atoms with van der Waals surface area (Å²) in [5.41, 5.74) is 0.979. The van der Waals surface area contributed by atoms with Gasteiger partial charge in [-0.3, -0.25) is 0 Å². The van der Waals surface area contributed by atoms with Gasteiger partial charge in [0.15, 0.2) is 0 Å². The highest BCUT2D eigenvalue weighted by Crippen LogP contribution is 2.32. The first-order valence-electron chi connectivity index (χ1n) is 5.77. The smallest absolute Gasteiger partial charge is 0.142 e. The quantitative estimate of drug-likeness (QED) is 0.715. The minimum atomic E-state index is 0.445. The molecule has 3 heteroatoms. The first-order chi connectivity index (χ1) is 7.81. The van der Waals surface area contributed by atoms with E-state index in [0.29, 0.717) is 16.8 Å². The summed E-state index contributed by atoms with van der Waals surface area (Å²) < 4.78 is 5.83. The van der Waals surface area contributed by atoms with Crippen molar-refractivity contribution in [2.45, 2.75) is 31.6 Å². The summed E-state index contributed by atoms with van der Waals surface area (Å²) in [6.07, 6.45) is 5.22. The summed E-state index contributed by atoms with van der Waals surface area (Å²) >= 11 is 12.0. The topological polar surface area (TPSA) is 9.23 Å². The molecular formula is C13H16Cl2O. The summed E-state index contributed by atoms with van der Waals surface area (Å²) in [7, 11) is 0. The van der Waals surface area contributed by atoms with Crippen molar-refractivity contribution in [3.8, 4) is 5.75 Å². The fourth-order valence-corrected chi connectivity index (χ4v) is 2.66. The van der Waals surface area contributed by atoms with Crippen LogP contribution in [0.5, 0.6) is 5.75 Å². The lowest BCUT2D eigenvalue weighted by atomic mass is 10.1. The summed E-state index contributed by atoms with van der Waals surface area (Å²) in [5.74, 6) is 1.91. The molecule has 0 heterocycles. The average Bonchev–Trinajstić information content (AvgIpc) is 2.80.